The number of allylic oxidation sites excluding steroid dienone is 2. The zero-order valence-corrected chi connectivity index (χ0v) is 22.2. The minimum absolute atomic E-state index is 0.00254. The van der Waals surface area contributed by atoms with Crippen LogP contribution in [0.3, 0.4) is 0 Å². The van der Waals surface area contributed by atoms with Gasteiger partial charge >= 0.3 is 6.03 Å². The van der Waals surface area contributed by atoms with Crippen molar-refractivity contribution in [2.75, 3.05) is 4.90 Å². The molecule has 9 nitrogen and oxygen atoms in total. The van der Waals surface area contributed by atoms with E-state index in [0.717, 1.165) is 11.0 Å². The van der Waals surface area contributed by atoms with Crippen LogP contribution in [0.5, 0.6) is 5.75 Å². The summed E-state index contributed by atoms with van der Waals surface area (Å²) in [5.74, 6) is -5.95. The van der Waals surface area contributed by atoms with Crippen LogP contribution < -0.4 is 10.6 Å². The lowest BCUT2D eigenvalue weighted by Gasteiger charge is -2.49. The Balaban J connectivity index is 1.45. The number of amides is 6. The lowest BCUT2D eigenvalue weighted by Crippen LogP contribution is -2.49. The number of likely N-dealkylation sites (tertiary alicyclic amines) is 1. The summed E-state index contributed by atoms with van der Waals surface area (Å²) in [4.78, 5) is 68.9. The molecule has 7 rings (SSSR count). The Labute approximate surface area is 235 Å². The third-order valence-corrected chi connectivity index (χ3v) is 9.75. The quantitative estimate of drug-likeness (QED) is 0.368. The molecule has 206 valence electrons. The molecule has 6 unspecified atom stereocenters. The van der Waals surface area contributed by atoms with Gasteiger partial charge < -0.3 is 10.8 Å². The van der Waals surface area contributed by atoms with Gasteiger partial charge in [0, 0.05) is 16.9 Å². The normalized spacial score (nSPS) is 30.8. The van der Waals surface area contributed by atoms with Gasteiger partial charge in [-0.3, -0.25) is 19.2 Å². The minimum Gasteiger partial charge on any atom is -0.507 e. The summed E-state index contributed by atoms with van der Waals surface area (Å²) in [5.41, 5.74) is 5.77. The van der Waals surface area contributed by atoms with Crippen LogP contribution in [0.15, 0.2) is 78.4 Å². The molecule has 0 radical (unpaired) electrons. The number of imide groups is 4. The SMILES string of the molecule is CC12C(=O)N(c3ccccc3)C(=O)C1CC1C(=CCC3C(=O)N(C(N)=O)C(=O)C31)C2c1ccc2ccccc2c1O. The van der Waals surface area contributed by atoms with E-state index in [9.17, 15) is 29.1 Å². The molecule has 2 aliphatic carbocycles. The maximum absolute atomic E-state index is 14.4. The first-order chi connectivity index (χ1) is 19.7. The first kappa shape index (κ1) is 25.2. The van der Waals surface area contributed by atoms with E-state index in [1.807, 2.05) is 30.3 Å². The predicted molar refractivity (Wildman–Crippen MR) is 148 cm³/mol. The van der Waals surface area contributed by atoms with E-state index in [1.54, 1.807) is 49.4 Å². The van der Waals surface area contributed by atoms with E-state index in [2.05, 4.69) is 0 Å². The fourth-order valence-corrected chi connectivity index (χ4v) is 7.90. The number of nitrogens with two attached hydrogens (primary N) is 1. The molecule has 3 fully saturated rings. The zero-order chi connectivity index (χ0) is 28.8. The average Bonchev–Trinajstić information content (AvgIpc) is 3.34. The van der Waals surface area contributed by atoms with Crippen molar-refractivity contribution >= 4 is 46.1 Å². The second kappa shape index (κ2) is 8.60. The van der Waals surface area contributed by atoms with Crippen LogP contribution in [0.2, 0.25) is 0 Å². The molecule has 6 atom stereocenters. The Morgan fingerprint density at radius 1 is 0.902 bits per heavy atom. The predicted octanol–water partition coefficient (Wildman–Crippen LogP) is 3.85. The van der Waals surface area contributed by atoms with Gasteiger partial charge in [0.15, 0.2) is 0 Å². The lowest BCUT2D eigenvalue weighted by molar-refractivity contribution is -0.136. The fraction of sp³-hybridized carbons (Fsp3) is 0.281. The van der Waals surface area contributed by atoms with Crippen molar-refractivity contribution in [2.45, 2.75) is 25.7 Å². The molecule has 1 saturated carbocycles. The van der Waals surface area contributed by atoms with Crippen LogP contribution in [0.1, 0.15) is 31.2 Å². The Morgan fingerprint density at radius 3 is 2.34 bits per heavy atom. The number of phenolic OH excluding ortho intramolecular Hbond substituents is 1. The summed E-state index contributed by atoms with van der Waals surface area (Å²) < 4.78 is 0. The molecule has 41 heavy (non-hydrogen) atoms. The average molecular weight is 550 g/mol. The molecule has 6 amide bonds. The smallest absolute Gasteiger partial charge is 0.328 e. The number of hydrogen-bond donors (Lipinski definition) is 2. The summed E-state index contributed by atoms with van der Waals surface area (Å²) in [6, 6.07) is 18.6. The van der Waals surface area contributed by atoms with E-state index >= 15 is 0 Å². The van der Waals surface area contributed by atoms with Gasteiger partial charge in [-0.15, -0.1) is 0 Å². The largest absolute Gasteiger partial charge is 0.507 e. The Bertz CT molecular complexity index is 1730. The highest BCUT2D eigenvalue weighted by Crippen LogP contribution is 2.64. The number of hydrogen-bond acceptors (Lipinski definition) is 6. The third-order valence-electron chi connectivity index (χ3n) is 9.75. The van der Waals surface area contributed by atoms with Crippen molar-refractivity contribution in [3.8, 4) is 5.75 Å². The van der Waals surface area contributed by atoms with Crippen LogP contribution >= 0.6 is 0 Å². The molecule has 9 heteroatoms. The van der Waals surface area contributed by atoms with E-state index in [1.165, 1.54) is 4.90 Å². The third kappa shape index (κ3) is 3.20. The molecule has 4 aliphatic rings. The number of nitrogens with zero attached hydrogens (tertiary/aromatic N) is 2. The number of rotatable bonds is 2. The number of primary amides is 1. The fourth-order valence-electron chi connectivity index (χ4n) is 7.90. The molecule has 3 aromatic carbocycles. The molecule has 0 spiro atoms. The molecular formula is C32H27N3O6. The van der Waals surface area contributed by atoms with Crippen LogP contribution in [-0.2, 0) is 19.2 Å². The standard InChI is InChI=1S/C32H27N3O6/c1-32-23(28(38)34(30(32)40)17-8-3-2-4-9-17)15-22-19(13-14-20-24(22)29(39)35(27(20)37)31(33)41)25(32)21-12-11-16-7-5-6-10-18(16)26(21)36/h2-13,20,22-25,36H,14-15H2,1H3,(H2,33,41). The molecule has 3 aromatic rings. The molecule has 2 saturated heterocycles. The maximum atomic E-state index is 14.4. The van der Waals surface area contributed by atoms with Crippen molar-refractivity contribution in [1.29, 1.82) is 0 Å². The summed E-state index contributed by atoms with van der Waals surface area (Å²) in [6.45, 7) is 1.76. The molecule has 2 heterocycles. The number of fused-ring (bicyclic) bond motifs is 5. The van der Waals surface area contributed by atoms with E-state index in [0.29, 0.717) is 21.5 Å². The molecular weight excluding hydrogens is 522 g/mol. The first-order valence-corrected chi connectivity index (χ1v) is 13.7. The van der Waals surface area contributed by atoms with E-state index < -0.39 is 58.8 Å². The highest BCUT2D eigenvalue weighted by atomic mass is 16.3. The number of carbonyl (C=O) groups is 5. The van der Waals surface area contributed by atoms with Crippen molar-refractivity contribution in [3.63, 3.8) is 0 Å². The van der Waals surface area contributed by atoms with Crippen molar-refractivity contribution < 1.29 is 29.1 Å². The highest BCUT2D eigenvalue weighted by molar-refractivity contribution is 6.24. The molecule has 2 aliphatic heterocycles. The van der Waals surface area contributed by atoms with Crippen LogP contribution in [0.25, 0.3) is 10.8 Å². The number of benzene rings is 3. The second-order valence-corrected chi connectivity index (χ2v) is 11.6. The van der Waals surface area contributed by atoms with Gasteiger partial charge in [0.2, 0.25) is 23.6 Å². The Morgan fingerprint density at radius 2 is 1.61 bits per heavy atom. The second-order valence-electron chi connectivity index (χ2n) is 11.6. The monoisotopic (exact) mass is 549 g/mol. The van der Waals surface area contributed by atoms with Crippen LogP contribution in [0.4, 0.5) is 10.5 Å². The molecule has 3 N–H and O–H groups in total. The number of aromatic hydroxyl groups is 1. The van der Waals surface area contributed by atoms with Crippen molar-refractivity contribution in [1.82, 2.24) is 4.90 Å². The van der Waals surface area contributed by atoms with Gasteiger partial charge in [-0.05, 0) is 43.2 Å². The topological polar surface area (TPSA) is 138 Å². The molecule has 0 bridgehead atoms. The summed E-state index contributed by atoms with van der Waals surface area (Å²) >= 11 is 0. The van der Waals surface area contributed by atoms with Gasteiger partial charge in [0.1, 0.15) is 5.75 Å². The number of anilines is 1. The number of urea groups is 1. The lowest BCUT2D eigenvalue weighted by atomic mass is 9.51. The van der Waals surface area contributed by atoms with Gasteiger partial charge in [0.25, 0.3) is 0 Å². The Hall–Kier alpha value is -4.79. The molecule has 0 aromatic heterocycles. The van der Waals surface area contributed by atoms with Crippen molar-refractivity contribution in [3.05, 3.63) is 83.9 Å². The zero-order valence-electron chi connectivity index (χ0n) is 22.2. The Kier molecular flexibility index (Phi) is 5.29. The highest BCUT2D eigenvalue weighted by Gasteiger charge is 2.68. The maximum Gasteiger partial charge on any atom is 0.328 e. The summed E-state index contributed by atoms with van der Waals surface area (Å²) in [6.07, 6.45) is 2.19. The van der Waals surface area contributed by atoms with E-state index in [-0.39, 0.29) is 24.5 Å². The first-order valence-electron chi connectivity index (χ1n) is 13.7. The van der Waals surface area contributed by atoms with Crippen molar-refractivity contribution in [2.24, 2.45) is 34.8 Å². The van der Waals surface area contributed by atoms with Crippen LogP contribution in [0, 0.1) is 29.1 Å². The van der Waals surface area contributed by atoms with E-state index in [4.69, 9.17) is 5.73 Å². The van der Waals surface area contributed by atoms with Gasteiger partial charge in [-0.2, -0.15) is 4.90 Å². The summed E-state index contributed by atoms with van der Waals surface area (Å²) in [5, 5.41) is 13.0. The van der Waals surface area contributed by atoms with Crippen LogP contribution in [-0.4, -0.2) is 39.7 Å². The van der Waals surface area contributed by atoms with Gasteiger partial charge in [-0.1, -0.05) is 66.2 Å². The minimum atomic E-state index is -1.28. The number of phenols is 1. The van der Waals surface area contributed by atoms with Gasteiger partial charge in [-0.25, -0.2) is 9.69 Å². The number of carbonyl (C=O) groups excluding carboxylic acids is 5. The summed E-state index contributed by atoms with van der Waals surface area (Å²) in [7, 11) is 0. The van der Waals surface area contributed by atoms with Gasteiger partial charge in [0.05, 0.1) is 28.9 Å². The number of para-hydroxylation sites is 1.